The number of rotatable bonds is 8. The van der Waals surface area contributed by atoms with E-state index in [2.05, 4.69) is 71.8 Å². The van der Waals surface area contributed by atoms with Crippen molar-refractivity contribution in [2.45, 2.75) is 51.2 Å². The molecule has 4 nitrogen and oxygen atoms in total. The van der Waals surface area contributed by atoms with E-state index in [-0.39, 0.29) is 5.91 Å². The van der Waals surface area contributed by atoms with Gasteiger partial charge in [-0.05, 0) is 54.7 Å². The first-order chi connectivity index (χ1) is 15.6. The standard InChI is InChI=1S/C28H37N3O/c1-20(2)13-14-31-19-23-16-28(27(32)29-17-22-11-7-4-8-12-22)25(26(31)24(23)18-30-28)15-21-9-5-3-6-10-21/h3-12,20,23-26,30H,13-19H2,1-2H3,(H,29,32)/t23-,24-,25-,26+,28+/m1/s1. The molecule has 2 aromatic carbocycles. The molecule has 3 heterocycles. The quantitative estimate of drug-likeness (QED) is 0.667. The Labute approximate surface area is 192 Å². The normalized spacial score (nSPS) is 31.2. The van der Waals surface area contributed by atoms with Gasteiger partial charge in [0.25, 0.3) is 0 Å². The molecule has 1 saturated carbocycles. The number of carbonyl (C=O) groups is 1. The zero-order valence-electron chi connectivity index (χ0n) is 19.5. The highest BCUT2D eigenvalue weighted by atomic mass is 16.2. The summed E-state index contributed by atoms with van der Waals surface area (Å²) in [5.74, 6) is 2.50. The van der Waals surface area contributed by atoms with E-state index < -0.39 is 5.54 Å². The van der Waals surface area contributed by atoms with Crippen LogP contribution in [0.4, 0.5) is 0 Å². The van der Waals surface area contributed by atoms with E-state index >= 15 is 0 Å². The lowest BCUT2D eigenvalue weighted by molar-refractivity contribution is -0.138. The van der Waals surface area contributed by atoms with Gasteiger partial charge in [0.15, 0.2) is 0 Å². The van der Waals surface area contributed by atoms with Gasteiger partial charge in [-0.3, -0.25) is 9.69 Å². The second kappa shape index (κ2) is 8.99. The first-order valence-electron chi connectivity index (χ1n) is 12.4. The lowest BCUT2D eigenvalue weighted by Gasteiger charge is -2.56. The van der Waals surface area contributed by atoms with Gasteiger partial charge < -0.3 is 10.6 Å². The van der Waals surface area contributed by atoms with Gasteiger partial charge in [0.05, 0.1) is 0 Å². The van der Waals surface area contributed by atoms with Crippen molar-refractivity contribution in [3.8, 4) is 0 Å². The molecule has 2 N–H and O–H groups in total. The number of piperidine rings is 2. The summed E-state index contributed by atoms with van der Waals surface area (Å²) in [5, 5.41) is 7.10. The third-order valence-corrected chi connectivity index (χ3v) is 8.21. The molecule has 32 heavy (non-hydrogen) atoms. The Kier molecular flexibility index (Phi) is 6.09. The van der Waals surface area contributed by atoms with Crippen molar-refractivity contribution in [2.24, 2.45) is 23.7 Å². The predicted octanol–water partition coefficient (Wildman–Crippen LogP) is 3.87. The molecule has 5 atom stereocenters. The van der Waals surface area contributed by atoms with Crippen LogP contribution in [-0.2, 0) is 17.8 Å². The topological polar surface area (TPSA) is 44.4 Å². The Morgan fingerprint density at radius 2 is 1.78 bits per heavy atom. The van der Waals surface area contributed by atoms with Crippen LogP contribution < -0.4 is 10.6 Å². The molecular weight excluding hydrogens is 394 g/mol. The van der Waals surface area contributed by atoms with Crippen LogP contribution in [0.25, 0.3) is 0 Å². The Hall–Kier alpha value is -2.17. The second-order valence-corrected chi connectivity index (χ2v) is 10.6. The molecule has 4 heteroatoms. The van der Waals surface area contributed by atoms with Crippen molar-refractivity contribution in [1.82, 2.24) is 15.5 Å². The molecule has 0 spiro atoms. The number of hydrogen-bond donors (Lipinski definition) is 2. The van der Waals surface area contributed by atoms with E-state index in [9.17, 15) is 4.79 Å². The molecule has 4 bridgehead atoms. The molecule has 1 aliphatic carbocycles. The van der Waals surface area contributed by atoms with E-state index in [1.807, 2.05) is 18.2 Å². The average Bonchev–Trinajstić information content (AvgIpc) is 3.12. The molecule has 2 aromatic rings. The molecule has 0 aromatic heterocycles. The number of benzene rings is 2. The minimum absolute atomic E-state index is 0.196. The summed E-state index contributed by atoms with van der Waals surface area (Å²) < 4.78 is 0. The second-order valence-electron chi connectivity index (χ2n) is 10.6. The van der Waals surface area contributed by atoms with Gasteiger partial charge in [-0.1, -0.05) is 74.5 Å². The number of nitrogens with one attached hydrogen (secondary N) is 2. The van der Waals surface area contributed by atoms with Crippen LogP contribution in [0.1, 0.15) is 37.8 Å². The third kappa shape index (κ3) is 3.99. The fourth-order valence-corrected chi connectivity index (χ4v) is 6.63. The van der Waals surface area contributed by atoms with Crippen LogP contribution in [-0.4, -0.2) is 42.0 Å². The van der Waals surface area contributed by atoms with Gasteiger partial charge in [0.1, 0.15) is 5.54 Å². The van der Waals surface area contributed by atoms with Crippen molar-refractivity contribution < 1.29 is 4.79 Å². The van der Waals surface area contributed by atoms with Crippen LogP contribution in [0.5, 0.6) is 0 Å². The predicted molar refractivity (Wildman–Crippen MR) is 129 cm³/mol. The van der Waals surface area contributed by atoms with E-state index in [0.29, 0.717) is 36.3 Å². The van der Waals surface area contributed by atoms with Crippen molar-refractivity contribution in [1.29, 1.82) is 0 Å². The highest BCUT2D eigenvalue weighted by molar-refractivity contribution is 5.87. The fourth-order valence-electron chi connectivity index (χ4n) is 6.63. The van der Waals surface area contributed by atoms with Crippen LogP contribution in [0.15, 0.2) is 60.7 Å². The monoisotopic (exact) mass is 431 g/mol. The molecule has 3 aliphatic heterocycles. The number of hydrogen-bond acceptors (Lipinski definition) is 3. The van der Waals surface area contributed by atoms with E-state index in [1.165, 1.54) is 12.0 Å². The summed E-state index contributed by atoms with van der Waals surface area (Å²) in [6.45, 7) is 8.51. The van der Waals surface area contributed by atoms with E-state index in [4.69, 9.17) is 0 Å². The summed E-state index contributed by atoms with van der Waals surface area (Å²) in [6, 6.07) is 21.5. The van der Waals surface area contributed by atoms with Gasteiger partial charge in [-0.25, -0.2) is 0 Å². The Bertz CT molecular complexity index is 915. The number of fused-ring (bicyclic) bond motifs is 1. The zero-order valence-corrected chi connectivity index (χ0v) is 19.5. The molecule has 4 aliphatic rings. The smallest absolute Gasteiger partial charge is 0.240 e. The number of carbonyl (C=O) groups excluding carboxylic acids is 1. The summed E-state index contributed by atoms with van der Waals surface area (Å²) in [7, 11) is 0. The minimum atomic E-state index is -0.471. The summed E-state index contributed by atoms with van der Waals surface area (Å²) in [6.07, 6.45) is 3.15. The maximum absolute atomic E-state index is 13.8. The van der Waals surface area contributed by atoms with Crippen molar-refractivity contribution in [3.63, 3.8) is 0 Å². The highest BCUT2D eigenvalue weighted by Crippen LogP contribution is 2.52. The highest BCUT2D eigenvalue weighted by Gasteiger charge is 2.64. The number of likely N-dealkylation sites (tertiary alicyclic amines) is 1. The molecule has 4 fully saturated rings. The summed E-state index contributed by atoms with van der Waals surface area (Å²) in [5.41, 5.74) is 2.03. The number of nitrogens with zero attached hydrogens (tertiary/aromatic N) is 1. The minimum Gasteiger partial charge on any atom is -0.350 e. The van der Waals surface area contributed by atoms with Gasteiger partial charge in [0, 0.05) is 31.6 Å². The average molecular weight is 432 g/mol. The fraction of sp³-hybridized carbons (Fsp3) is 0.536. The van der Waals surface area contributed by atoms with Crippen LogP contribution in [0, 0.1) is 23.7 Å². The lowest BCUT2D eigenvalue weighted by Crippen LogP contribution is -2.74. The molecule has 6 rings (SSSR count). The Balaban J connectivity index is 1.42. The Morgan fingerprint density at radius 3 is 2.47 bits per heavy atom. The third-order valence-electron chi connectivity index (χ3n) is 8.21. The summed E-state index contributed by atoms with van der Waals surface area (Å²) >= 11 is 0. The van der Waals surface area contributed by atoms with Gasteiger partial charge in [-0.2, -0.15) is 0 Å². The van der Waals surface area contributed by atoms with Crippen molar-refractivity contribution in [2.75, 3.05) is 19.6 Å². The van der Waals surface area contributed by atoms with Gasteiger partial charge in [-0.15, -0.1) is 0 Å². The molecule has 0 unspecified atom stereocenters. The number of amides is 1. The maximum Gasteiger partial charge on any atom is 0.240 e. The largest absolute Gasteiger partial charge is 0.350 e. The zero-order chi connectivity index (χ0) is 22.1. The SMILES string of the molecule is CC(C)CCN1C[C@H]2C[C@]3(C(=O)NCc4ccccc4)NC[C@H]2[C@H]1[C@H]3Cc1ccccc1. The maximum atomic E-state index is 13.8. The van der Waals surface area contributed by atoms with Crippen LogP contribution in [0.2, 0.25) is 0 Å². The molecule has 170 valence electrons. The first kappa shape index (κ1) is 21.7. The van der Waals surface area contributed by atoms with E-state index in [0.717, 1.165) is 38.0 Å². The van der Waals surface area contributed by atoms with Crippen LogP contribution in [0.3, 0.4) is 0 Å². The van der Waals surface area contributed by atoms with Gasteiger partial charge in [0.2, 0.25) is 5.91 Å². The van der Waals surface area contributed by atoms with Crippen LogP contribution >= 0.6 is 0 Å². The molecule has 1 amide bonds. The van der Waals surface area contributed by atoms with Gasteiger partial charge >= 0.3 is 0 Å². The molecule has 0 radical (unpaired) electrons. The summed E-state index contributed by atoms with van der Waals surface area (Å²) in [4.78, 5) is 16.6. The first-order valence-corrected chi connectivity index (χ1v) is 12.4. The molecular formula is C28H37N3O. The van der Waals surface area contributed by atoms with Crippen molar-refractivity contribution in [3.05, 3.63) is 71.8 Å². The molecule has 3 saturated heterocycles. The van der Waals surface area contributed by atoms with Crippen molar-refractivity contribution >= 4 is 5.91 Å². The Morgan fingerprint density at radius 1 is 1.09 bits per heavy atom. The van der Waals surface area contributed by atoms with E-state index in [1.54, 1.807) is 0 Å². The lowest BCUT2D eigenvalue weighted by atomic mass is 9.58.